The summed E-state index contributed by atoms with van der Waals surface area (Å²) in [5.41, 5.74) is 3.82. The van der Waals surface area contributed by atoms with Crippen LogP contribution in [0.25, 0.3) is 0 Å². The zero-order valence-electron chi connectivity index (χ0n) is 10.6. The standard InChI is InChI=1S/C14H21BrN2/c1-10-7-13(8-11(2)14(10)15)17-9-12-5-3-4-6-16-12/h7-8,12,16-17H,3-6,9H2,1-2H3. The molecule has 1 aliphatic rings. The fourth-order valence-corrected chi connectivity index (χ4v) is 2.62. The highest BCUT2D eigenvalue weighted by molar-refractivity contribution is 9.10. The van der Waals surface area contributed by atoms with Gasteiger partial charge in [0.2, 0.25) is 0 Å². The molecule has 94 valence electrons. The van der Waals surface area contributed by atoms with Crippen LogP contribution in [-0.4, -0.2) is 19.1 Å². The number of halogens is 1. The second kappa shape index (κ2) is 5.87. The van der Waals surface area contributed by atoms with Gasteiger partial charge >= 0.3 is 0 Å². The smallest absolute Gasteiger partial charge is 0.0346 e. The number of anilines is 1. The molecule has 0 amide bonds. The fraction of sp³-hybridized carbons (Fsp3) is 0.571. The summed E-state index contributed by atoms with van der Waals surface area (Å²) in [4.78, 5) is 0. The molecule has 0 radical (unpaired) electrons. The maximum Gasteiger partial charge on any atom is 0.0346 e. The molecule has 0 aliphatic carbocycles. The lowest BCUT2D eigenvalue weighted by Gasteiger charge is -2.24. The van der Waals surface area contributed by atoms with Crippen LogP contribution in [0.2, 0.25) is 0 Å². The van der Waals surface area contributed by atoms with Crippen molar-refractivity contribution < 1.29 is 0 Å². The van der Waals surface area contributed by atoms with Gasteiger partial charge < -0.3 is 10.6 Å². The first kappa shape index (κ1) is 12.9. The Morgan fingerprint density at radius 3 is 2.59 bits per heavy atom. The molecule has 1 aliphatic heterocycles. The third-order valence-electron chi connectivity index (χ3n) is 3.40. The van der Waals surface area contributed by atoms with Gasteiger partial charge in [-0.05, 0) is 56.5 Å². The molecule has 0 aromatic heterocycles. The summed E-state index contributed by atoms with van der Waals surface area (Å²) in [6.45, 7) is 6.48. The van der Waals surface area contributed by atoms with Crippen molar-refractivity contribution in [2.45, 2.75) is 39.2 Å². The SMILES string of the molecule is Cc1cc(NCC2CCCCN2)cc(C)c1Br. The summed E-state index contributed by atoms with van der Waals surface area (Å²) in [7, 11) is 0. The van der Waals surface area contributed by atoms with Gasteiger partial charge in [-0.2, -0.15) is 0 Å². The minimum Gasteiger partial charge on any atom is -0.383 e. The Balaban J connectivity index is 1.94. The Kier molecular flexibility index (Phi) is 4.46. The van der Waals surface area contributed by atoms with E-state index in [4.69, 9.17) is 0 Å². The van der Waals surface area contributed by atoms with E-state index in [1.54, 1.807) is 0 Å². The topological polar surface area (TPSA) is 24.1 Å². The van der Waals surface area contributed by atoms with Crippen molar-refractivity contribution >= 4 is 21.6 Å². The Labute approximate surface area is 112 Å². The van der Waals surface area contributed by atoms with Crippen molar-refractivity contribution in [3.63, 3.8) is 0 Å². The summed E-state index contributed by atoms with van der Waals surface area (Å²) in [5, 5.41) is 7.10. The van der Waals surface area contributed by atoms with E-state index in [1.165, 1.54) is 47.1 Å². The van der Waals surface area contributed by atoms with E-state index in [0.29, 0.717) is 6.04 Å². The largest absolute Gasteiger partial charge is 0.383 e. The summed E-state index contributed by atoms with van der Waals surface area (Å²) >= 11 is 3.60. The molecule has 1 aromatic carbocycles. The molecule has 1 unspecified atom stereocenters. The summed E-state index contributed by atoms with van der Waals surface area (Å²) < 4.78 is 1.22. The van der Waals surface area contributed by atoms with Crippen LogP contribution >= 0.6 is 15.9 Å². The maximum atomic E-state index is 3.60. The first-order valence-electron chi connectivity index (χ1n) is 6.41. The molecule has 1 atom stereocenters. The Morgan fingerprint density at radius 1 is 1.29 bits per heavy atom. The molecule has 2 N–H and O–H groups in total. The molecule has 2 nitrogen and oxygen atoms in total. The highest BCUT2D eigenvalue weighted by Crippen LogP contribution is 2.25. The number of hydrogen-bond donors (Lipinski definition) is 2. The monoisotopic (exact) mass is 296 g/mol. The number of hydrogen-bond acceptors (Lipinski definition) is 2. The van der Waals surface area contributed by atoms with E-state index in [0.717, 1.165) is 6.54 Å². The lowest BCUT2D eigenvalue weighted by molar-refractivity contribution is 0.414. The van der Waals surface area contributed by atoms with Crippen molar-refractivity contribution in [1.82, 2.24) is 5.32 Å². The van der Waals surface area contributed by atoms with Gasteiger partial charge in [0, 0.05) is 22.7 Å². The molecule has 2 rings (SSSR count). The molecule has 17 heavy (non-hydrogen) atoms. The fourth-order valence-electron chi connectivity index (χ4n) is 2.39. The van der Waals surface area contributed by atoms with Gasteiger partial charge in [0.15, 0.2) is 0 Å². The van der Waals surface area contributed by atoms with Crippen LogP contribution in [0.4, 0.5) is 5.69 Å². The van der Waals surface area contributed by atoms with Crippen molar-refractivity contribution in [2.75, 3.05) is 18.4 Å². The Bertz CT molecular complexity index is 361. The molecule has 0 spiro atoms. The minimum atomic E-state index is 0.632. The number of piperidine rings is 1. The van der Waals surface area contributed by atoms with Gasteiger partial charge in [-0.25, -0.2) is 0 Å². The molecular formula is C14H21BrN2. The van der Waals surface area contributed by atoms with E-state index in [1.807, 2.05) is 0 Å². The quantitative estimate of drug-likeness (QED) is 0.890. The van der Waals surface area contributed by atoms with E-state index in [-0.39, 0.29) is 0 Å². The van der Waals surface area contributed by atoms with Gasteiger partial charge in [-0.3, -0.25) is 0 Å². The predicted molar refractivity (Wildman–Crippen MR) is 77.7 cm³/mol. The third-order valence-corrected chi connectivity index (χ3v) is 4.65. The molecule has 3 heteroatoms. The highest BCUT2D eigenvalue weighted by atomic mass is 79.9. The van der Waals surface area contributed by atoms with Crippen LogP contribution in [0.5, 0.6) is 0 Å². The second-order valence-electron chi connectivity index (χ2n) is 4.95. The molecule has 1 aromatic rings. The van der Waals surface area contributed by atoms with E-state index in [9.17, 15) is 0 Å². The van der Waals surface area contributed by atoms with Crippen LogP contribution < -0.4 is 10.6 Å². The van der Waals surface area contributed by atoms with Gasteiger partial charge in [0.25, 0.3) is 0 Å². The van der Waals surface area contributed by atoms with Gasteiger partial charge in [0.05, 0.1) is 0 Å². The highest BCUT2D eigenvalue weighted by Gasteiger charge is 2.12. The molecule has 0 saturated carbocycles. The number of benzene rings is 1. The van der Waals surface area contributed by atoms with Crippen molar-refractivity contribution in [1.29, 1.82) is 0 Å². The zero-order valence-corrected chi connectivity index (χ0v) is 12.2. The molecular weight excluding hydrogens is 276 g/mol. The minimum absolute atomic E-state index is 0.632. The zero-order chi connectivity index (χ0) is 12.3. The molecule has 0 bridgehead atoms. The first-order chi connectivity index (χ1) is 8.16. The van der Waals surface area contributed by atoms with Crippen LogP contribution in [0.3, 0.4) is 0 Å². The number of rotatable bonds is 3. The average Bonchev–Trinajstić information content (AvgIpc) is 2.34. The van der Waals surface area contributed by atoms with Crippen molar-refractivity contribution in [3.05, 3.63) is 27.7 Å². The predicted octanol–water partition coefficient (Wildman–Crippen LogP) is 3.62. The molecule has 1 heterocycles. The van der Waals surface area contributed by atoms with E-state index < -0.39 is 0 Å². The summed E-state index contributed by atoms with van der Waals surface area (Å²) in [6, 6.07) is 5.05. The second-order valence-corrected chi connectivity index (χ2v) is 5.74. The third kappa shape index (κ3) is 3.46. The normalized spacial score (nSPS) is 20.3. The van der Waals surface area contributed by atoms with Crippen molar-refractivity contribution in [2.24, 2.45) is 0 Å². The lowest BCUT2D eigenvalue weighted by Crippen LogP contribution is -2.39. The van der Waals surface area contributed by atoms with Gasteiger partial charge in [-0.15, -0.1) is 0 Å². The Morgan fingerprint density at radius 2 is 2.00 bits per heavy atom. The Hall–Kier alpha value is -0.540. The van der Waals surface area contributed by atoms with Crippen LogP contribution in [0.15, 0.2) is 16.6 Å². The van der Waals surface area contributed by atoms with E-state index in [2.05, 4.69) is 52.5 Å². The van der Waals surface area contributed by atoms with Crippen LogP contribution in [0, 0.1) is 13.8 Å². The van der Waals surface area contributed by atoms with Crippen LogP contribution in [-0.2, 0) is 0 Å². The maximum absolute atomic E-state index is 3.60. The summed E-state index contributed by atoms with van der Waals surface area (Å²) in [6.07, 6.45) is 3.98. The van der Waals surface area contributed by atoms with Gasteiger partial charge in [-0.1, -0.05) is 22.4 Å². The average molecular weight is 297 g/mol. The van der Waals surface area contributed by atoms with E-state index >= 15 is 0 Å². The lowest BCUT2D eigenvalue weighted by atomic mass is 10.0. The summed E-state index contributed by atoms with van der Waals surface area (Å²) in [5.74, 6) is 0. The number of aryl methyl sites for hydroxylation is 2. The van der Waals surface area contributed by atoms with Gasteiger partial charge in [0.1, 0.15) is 0 Å². The van der Waals surface area contributed by atoms with Crippen LogP contribution in [0.1, 0.15) is 30.4 Å². The first-order valence-corrected chi connectivity index (χ1v) is 7.20. The van der Waals surface area contributed by atoms with Crippen molar-refractivity contribution in [3.8, 4) is 0 Å². The molecule has 1 saturated heterocycles. The molecule has 1 fully saturated rings. The number of nitrogens with one attached hydrogen (secondary N) is 2.